The first-order valence-corrected chi connectivity index (χ1v) is 11.0. The van der Waals surface area contributed by atoms with Crippen molar-refractivity contribution in [1.29, 1.82) is 0 Å². The summed E-state index contributed by atoms with van der Waals surface area (Å²) in [5.74, 6) is 0.967. The lowest BCUT2D eigenvalue weighted by atomic mass is 9.95. The van der Waals surface area contributed by atoms with Gasteiger partial charge in [-0.3, -0.25) is 4.79 Å². The normalized spacial score (nSPS) is 16.8. The molecule has 1 aliphatic rings. The molecule has 1 amide bonds. The number of nitrogens with zero attached hydrogens (tertiary/aromatic N) is 4. The fourth-order valence-electron chi connectivity index (χ4n) is 3.83. The highest BCUT2D eigenvalue weighted by molar-refractivity contribution is 5.95. The van der Waals surface area contributed by atoms with Crippen molar-refractivity contribution in [3.63, 3.8) is 0 Å². The van der Waals surface area contributed by atoms with Crippen LogP contribution in [0.3, 0.4) is 0 Å². The molecule has 0 aliphatic carbocycles. The summed E-state index contributed by atoms with van der Waals surface area (Å²) in [7, 11) is 0. The van der Waals surface area contributed by atoms with Gasteiger partial charge in [0.25, 0.3) is 0 Å². The molecular formula is C24H32N6O. The minimum absolute atomic E-state index is 0.00413. The van der Waals surface area contributed by atoms with Crippen molar-refractivity contribution < 1.29 is 4.79 Å². The summed E-state index contributed by atoms with van der Waals surface area (Å²) in [6, 6.07) is 10.6. The SMILES string of the molecule is CCN[C@H]1CCN(c2ccc3nc(-c4ccc(C)c(NC(=O)C(C)(C)C)c4)cn3n2)C1. The second-order valence-corrected chi connectivity index (χ2v) is 9.34. The molecular weight excluding hydrogens is 388 g/mol. The second-order valence-electron chi connectivity index (χ2n) is 9.34. The fourth-order valence-corrected chi connectivity index (χ4v) is 3.83. The minimum Gasteiger partial charge on any atom is -0.354 e. The quantitative estimate of drug-likeness (QED) is 0.655. The van der Waals surface area contributed by atoms with Crippen molar-refractivity contribution >= 4 is 23.1 Å². The molecule has 0 saturated carbocycles. The molecule has 2 aromatic heterocycles. The number of hydrogen-bond acceptors (Lipinski definition) is 5. The number of carbonyl (C=O) groups excluding carboxylic acids is 1. The van der Waals surface area contributed by atoms with Crippen LogP contribution in [0.15, 0.2) is 36.5 Å². The van der Waals surface area contributed by atoms with Crippen LogP contribution in [0.1, 0.15) is 39.7 Å². The van der Waals surface area contributed by atoms with Crippen molar-refractivity contribution in [2.45, 2.75) is 47.1 Å². The number of amides is 1. The van der Waals surface area contributed by atoms with E-state index in [0.717, 1.165) is 60.0 Å². The number of nitrogens with one attached hydrogen (secondary N) is 2. The van der Waals surface area contributed by atoms with Gasteiger partial charge in [0, 0.05) is 35.8 Å². The summed E-state index contributed by atoms with van der Waals surface area (Å²) in [5, 5.41) is 11.4. The van der Waals surface area contributed by atoms with Crippen LogP contribution in [0.4, 0.5) is 11.5 Å². The third-order valence-corrected chi connectivity index (χ3v) is 5.77. The Kier molecular flexibility index (Phi) is 5.71. The highest BCUT2D eigenvalue weighted by Gasteiger charge is 2.24. The van der Waals surface area contributed by atoms with Crippen LogP contribution in [0.25, 0.3) is 16.9 Å². The zero-order valence-electron chi connectivity index (χ0n) is 19.1. The van der Waals surface area contributed by atoms with Crippen molar-refractivity contribution in [1.82, 2.24) is 19.9 Å². The molecule has 1 fully saturated rings. The molecule has 1 aliphatic heterocycles. The second kappa shape index (κ2) is 8.30. The predicted molar refractivity (Wildman–Crippen MR) is 126 cm³/mol. The van der Waals surface area contributed by atoms with E-state index < -0.39 is 5.41 Å². The van der Waals surface area contributed by atoms with E-state index in [1.54, 1.807) is 0 Å². The van der Waals surface area contributed by atoms with Crippen molar-refractivity contribution in [2.75, 3.05) is 29.9 Å². The Hall–Kier alpha value is -2.93. The van der Waals surface area contributed by atoms with Gasteiger partial charge in [-0.05, 0) is 43.7 Å². The summed E-state index contributed by atoms with van der Waals surface area (Å²) in [4.78, 5) is 19.5. The summed E-state index contributed by atoms with van der Waals surface area (Å²) < 4.78 is 1.85. The van der Waals surface area contributed by atoms with Gasteiger partial charge in [-0.15, -0.1) is 5.10 Å². The van der Waals surface area contributed by atoms with Gasteiger partial charge in [0.15, 0.2) is 5.65 Å². The molecule has 3 aromatic rings. The maximum absolute atomic E-state index is 12.5. The van der Waals surface area contributed by atoms with Crippen LogP contribution in [-0.4, -0.2) is 46.2 Å². The number of hydrogen-bond donors (Lipinski definition) is 2. The number of carbonyl (C=O) groups is 1. The Labute approximate surface area is 183 Å². The Morgan fingerprint density at radius 2 is 2.03 bits per heavy atom. The van der Waals surface area contributed by atoms with Crippen molar-refractivity contribution in [3.8, 4) is 11.3 Å². The molecule has 7 nitrogen and oxygen atoms in total. The van der Waals surface area contributed by atoms with Gasteiger partial charge in [0.1, 0.15) is 5.82 Å². The smallest absolute Gasteiger partial charge is 0.229 e. The lowest BCUT2D eigenvalue weighted by molar-refractivity contribution is -0.123. The lowest BCUT2D eigenvalue weighted by Gasteiger charge is -2.19. The van der Waals surface area contributed by atoms with Crippen LogP contribution in [0, 0.1) is 12.3 Å². The molecule has 3 heterocycles. The van der Waals surface area contributed by atoms with Gasteiger partial charge >= 0.3 is 0 Å². The molecule has 2 N–H and O–H groups in total. The number of rotatable bonds is 5. The number of benzene rings is 1. The molecule has 4 rings (SSSR count). The highest BCUT2D eigenvalue weighted by atomic mass is 16.2. The first-order chi connectivity index (χ1) is 14.7. The first-order valence-electron chi connectivity index (χ1n) is 11.0. The Bertz CT molecular complexity index is 1100. The third kappa shape index (κ3) is 4.56. The van der Waals surface area contributed by atoms with E-state index in [-0.39, 0.29) is 5.91 Å². The molecule has 31 heavy (non-hydrogen) atoms. The van der Waals surface area contributed by atoms with E-state index in [0.29, 0.717) is 6.04 Å². The van der Waals surface area contributed by atoms with Crippen molar-refractivity contribution in [2.24, 2.45) is 5.41 Å². The molecule has 1 saturated heterocycles. The summed E-state index contributed by atoms with van der Waals surface area (Å²) >= 11 is 0. The van der Waals surface area contributed by atoms with E-state index >= 15 is 0 Å². The van der Waals surface area contributed by atoms with Gasteiger partial charge in [-0.25, -0.2) is 9.50 Å². The van der Waals surface area contributed by atoms with Crippen LogP contribution in [-0.2, 0) is 4.79 Å². The zero-order valence-corrected chi connectivity index (χ0v) is 19.1. The average molecular weight is 421 g/mol. The van der Waals surface area contributed by atoms with Crippen LogP contribution >= 0.6 is 0 Å². The van der Waals surface area contributed by atoms with Crippen LogP contribution < -0.4 is 15.5 Å². The summed E-state index contributed by atoms with van der Waals surface area (Å²) in [6.07, 6.45) is 3.09. The third-order valence-electron chi connectivity index (χ3n) is 5.77. The van der Waals surface area contributed by atoms with Crippen LogP contribution in [0.2, 0.25) is 0 Å². The van der Waals surface area contributed by atoms with E-state index in [2.05, 4.69) is 22.5 Å². The zero-order chi connectivity index (χ0) is 22.2. The van der Waals surface area contributed by atoms with Gasteiger partial charge < -0.3 is 15.5 Å². The van der Waals surface area contributed by atoms with Crippen LogP contribution in [0.5, 0.6) is 0 Å². The number of aromatic nitrogens is 3. The standard InChI is InChI=1S/C24H32N6O/c1-6-25-18-11-12-29(14-18)22-10-9-21-26-20(15-30(21)28-22)17-8-7-16(2)19(13-17)27-23(31)24(3,4)5/h7-10,13,15,18,25H,6,11-12,14H2,1-5H3,(H,27,31)/t18-/m0/s1. The van der Waals surface area contributed by atoms with E-state index in [4.69, 9.17) is 10.1 Å². The number of anilines is 2. The maximum Gasteiger partial charge on any atom is 0.229 e. The fraction of sp³-hybridized carbons (Fsp3) is 0.458. The largest absolute Gasteiger partial charge is 0.354 e. The Balaban J connectivity index is 1.59. The summed E-state index contributed by atoms with van der Waals surface area (Å²) in [5.41, 5.74) is 3.98. The van der Waals surface area contributed by atoms with E-state index in [1.165, 1.54) is 0 Å². The topological polar surface area (TPSA) is 74.6 Å². The van der Waals surface area contributed by atoms with E-state index in [1.807, 2.05) is 68.7 Å². The van der Waals surface area contributed by atoms with Gasteiger partial charge in [0.05, 0.1) is 11.9 Å². The molecule has 1 aromatic carbocycles. The molecule has 164 valence electrons. The van der Waals surface area contributed by atoms with Gasteiger partial charge in [-0.2, -0.15) is 0 Å². The van der Waals surface area contributed by atoms with Gasteiger partial charge in [-0.1, -0.05) is 39.8 Å². The number of imidazole rings is 1. The average Bonchev–Trinajstić information content (AvgIpc) is 3.35. The lowest BCUT2D eigenvalue weighted by Crippen LogP contribution is -2.32. The van der Waals surface area contributed by atoms with E-state index in [9.17, 15) is 4.79 Å². The monoisotopic (exact) mass is 420 g/mol. The molecule has 0 spiro atoms. The number of aryl methyl sites for hydroxylation is 1. The first kappa shape index (κ1) is 21.3. The molecule has 0 bridgehead atoms. The number of fused-ring (bicyclic) bond motifs is 1. The summed E-state index contributed by atoms with van der Waals surface area (Å²) in [6.45, 7) is 12.8. The maximum atomic E-state index is 12.5. The Morgan fingerprint density at radius 1 is 1.23 bits per heavy atom. The number of likely N-dealkylation sites (N-methyl/N-ethyl adjacent to an activating group) is 1. The molecule has 0 radical (unpaired) electrons. The Morgan fingerprint density at radius 3 is 2.77 bits per heavy atom. The minimum atomic E-state index is -0.451. The van der Waals surface area contributed by atoms with Gasteiger partial charge in [0.2, 0.25) is 5.91 Å². The predicted octanol–water partition coefficient (Wildman–Crippen LogP) is 3.88. The molecule has 7 heteroatoms. The highest BCUT2D eigenvalue weighted by Crippen LogP contribution is 2.27. The van der Waals surface area contributed by atoms with Crippen molar-refractivity contribution in [3.05, 3.63) is 42.1 Å². The molecule has 0 unspecified atom stereocenters. The molecule has 1 atom stereocenters.